The van der Waals surface area contributed by atoms with Crippen LogP contribution in [-0.2, 0) is 0 Å². The summed E-state index contributed by atoms with van der Waals surface area (Å²) in [7, 11) is 0. The Labute approximate surface area is 87.2 Å². The fourth-order valence-electron chi connectivity index (χ4n) is 1.26. The summed E-state index contributed by atoms with van der Waals surface area (Å²) in [5.74, 6) is -0.423. The van der Waals surface area contributed by atoms with Crippen LogP contribution in [-0.4, -0.2) is 15.3 Å². The molecule has 0 spiro atoms. The SMILES string of the molecule is Cc1cn2cc(C(N)=O)ccc2n1.Cl. The van der Waals surface area contributed by atoms with Gasteiger partial charge in [-0.1, -0.05) is 0 Å². The Kier molecular flexibility index (Phi) is 2.76. The molecule has 0 fully saturated rings. The molecule has 0 unspecified atom stereocenters. The fraction of sp³-hybridized carbons (Fsp3) is 0.111. The number of nitrogens with two attached hydrogens (primary N) is 1. The van der Waals surface area contributed by atoms with Crippen molar-refractivity contribution in [3.63, 3.8) is 0 Å². The molecule has 2 rings (SSSR count). The summed E-state index contributed by atoms with van der Waals surface area (Å²) >= 11 is 0. The molecule has 0 bridgehead atoms. The lowest BCUT2D eigenvalue weighted by Gasteiger charge is -1.95. The molecule has 0 aromatic carbocycles. The van der Waals surface area contributed by atoms with Crippen molar-refractivity contribution in [1.82, 2.24) is 9.38 Å². The van der Waals surface area contributed by atoms with Crippen LogP contribution in [0, 0.1) is 6.92 Å². The van der Waals surface area contributed by atoms with Gasteiger partial charge in [0.1, 0.15) is 5.65 Å². The number of imidazole rings is 1. The van der Waals surface area contributed by atoms with Gasteiger partial charge in [0.25, 0.3) is 0 Å². The van der Waals surface area contributed by atoms with Crippen molar-refractivity contribution in [3.8, 4) is 0 Å². The molecule has 4 nitrogen and oxygen atoms in total. The van der Waals surface area contributed by atoms with Crippen LogP contribution in [0.1, 0.15) is 16.1 Å². The lowest BCUT2D eigenvalue weighted by molar-refractivity contribution is 0.1000. The molecule has 0 radical (unpaired) electrons. The van der Waals surface area contributed by atoms with Crippen LogP contribution in [0.3, 0.4) is 0 Å². The number of carbonyl (C=O) groups is 1. The standard InChI is InChI=1S/C9H9N3O.ClH/c1-6-4-12-5-7(9(10)13)2-3-8(12)11-6;/h2-5H,1H3,(H2,10,13);1H. The first kappa shape index (κ1) is 10.5. The first-order valence-electron chi connectivity index (χ1n) is 3.92. The molecule has 2 aromatic rings. The third-order valence-corrected chi connectivity index (χ3v) is 1.86. The first-order valence-corrected chi connectivity index (χ1v) is 3.92. The Balaban J connectivity index is 0.000000980. The third kappa shape index (κ3) is 1.70. The van der Waals surface area contributed by atoms with E-state index < -0.39 is 5.91 Å². The van der Waals surface area contributed by atoms with E-state index in [0.29, 0.717) is 5.56 Å². The molecule has 0 aliphatic rings. The van der Waals surface area contributed by atoms with E-state index in [1.54, 1.807) is 22.7 Å². The van der Waals surface area contributed by atoms with Gasteiger partial charge in [0, 0.05) is 12.4 Å². The zero-order valence-electron chi connectivity index (χ0n) is 7.60. The van der Waals surface area contributed by atoms with Crippen molar-refractivity contribution in [2.45, 2.75) is 6.92 Å². The maximum absolute atomic E-state index is 10.8. The number of nitrogens with zero attached hydrogens (tertiary/aromatic N) is 2. The number of aromatic nitrogens is 2. The average molecular weight is 212 g/mol. The van der Waals surface area contributed by atoms with Crippen molar-refractivity contribution in [3.05, 3.63) is 35.8 Å². The number of amides is 1. The van der Waals surface area contributed by atoms with Gasteiger partial charge in [0.15, 0.2) is 0 Å². The van der Waals surface area contributed by atoms with Gasteiger partial charge in [0.05, 0.1) is 11.3 Å². The summed E-state index contributed by atoms with van der Waals surface area (Å²) < 4.78 is 1.79. The molecular formula is C9H10ClN3O. The van der Waals surface area contributed by atoms with Gasteiger partial charge < -0.3 is 10.1 Å². The Morgan fingerprint density at radius 3 is 2.79 bits per heavy atom. The van der Waals surface area contributed by atoms with Crippen molar-refractivity contribution in [2.24, 2.45) is 5.73 Å². The number of pyridine rings is 1. The summed E-state index contributed by atoms with van der Waals surface area (Å²) in [5.41, 5.74) is 7.37. The second kappa shape index (κ2) is 3.67. The minimum absolute atomic E-state index is 0. The van der Waals surface area contributed by atoms with Crippen LogP contribution >= 0.6 is 12.4 Å². The molecule has 5 heteroatoms. The van der Waals surface area contributed by atoms with Crippen molar-refractivity contribution >= 4 is 24.0 Å². The Morgan fingerprint density at radius 2 is 2.14 bits per heavy atom. The summed E-state index contributed by atoms with van der Waals surface area (Å²) in [4.78, 5) is 15.1. The van der Waals surface area contributed by atoms with E-state index in [2.05, 4.69) is 4.98 Å². The van der Waals surface area contributed by atoms with Crippen LogP contribution in [0.4, 0.5) is 0 Å². The zero-order chi connectivity index (χ0) is 9.42. The number of carbonyl (C=O) groups excluding carboxylic acids is 1. The van der Waals surface area contributed by atoms with Crippen LogP contribution in [0.5, 0.6) is 0 Å². The molecule has 74 valence electrons. The van der Waals surface area contributed by atoms with Crippen LogP contribution in [0.15, 0.2) is 24.5 Å². The number of halogens is 1. The summed E-state index contributed by atoms with van der Waals surface area (Å²) in [6, 6.07) is 3.44. The summed E-state index contributed by atoms with van der Waals surface area (Å²) in [6.45, 7) is 1.90. The molecule has 2 aromatic heterocycles. The Hall–Kier alpha value is -1.55. The van der Waals surface area contributed by atoms with Gasteiger partial charge in [-0.2, -0.15) is 0 Å². The highest BCUT2D eigenvalue weighted by molar-refractivity contribution is 5.92. The molecular weight excluding hydrogens is 202 g/mol. The van der Waals surface area contributed by atoms with E-state index in [9.17, 15) is 4.79 Å². The predicted molar refractivity (Wildman–Crippen MR) is 55.7 cm³/mol. The van der Waals surface area contributed by atoms with Crippen LogP contribution in [0.25, 0.3) is 5.65 Å². The fourth-order valence-corrected chi connectivity index (χ4v) is 1.26. The lowest BCUT2D eigenvalue weighted by atomic mass is 10.3. The van der Waals surface area contributed by atoms with E-state index in [4.69, 9.17) is 5.73 Å². The van der Waals surface area contributed by atoms with Crippen LogP contribution in [0.2, 0.25) is 0 Å². The third-order valence-electron chi connectivity index (χ3n) is 1.86. The number of aryl methyl sites for hydroxylation is 1. The Bertz CT molecular complexity index is 478. The zero-order valence-corrected chi connectivity index (χ0v) is 8.41. The normalized spacial score (nSPS) is 9.79. The van der Waals surface area contributed by atoms with Crippen LogP contribution < -0.4 is 5.73 Å². The van der Waals surface area contributed by atoms with Gasteiger partial charge in [-0.05, 0) is 19.1 Å². The highest BCUT2D eigenvalue weighted by atomic mass is 35.5. The van der Waals surface area contributed by atoms with E-state index in [-0.39, 0.29) is 12.4 Å². The van der Waals surface area contributed by atoms with Gasteiger partial charge in [0.2, 0.25) is 5.91 Å². The lowest BCUT2D eigenvalue weighted by Crippen LogP contribution is -2.11. The molecule has 14 heavy (non-hydrogen) atoms. The maximum atomic E-state index is 10.8. The first-order chi connectivity index (χ1) is 6.16. The minimum Gasteiger partial charge on any atom is -0.366 e. The topological polar surface area (TPSA) is 60.4 Å². The molecule has 0 saturated heterocycles. The number of primary amides is 1. The highest BCUT2D eigenvalue weighted by Gasteiger charge is 2.02. The molecule has 0 atom stereocenters. The predicted octanol–water partition coefficient (Wildman–Crippen LogP) is 1.16. The maximum Gasteiger partial charge on any atom is 0.250 e. The van der Waals surface area contributed by atoms with Gasteiger partial charge in [-0.15, -0.1) is 12.4 Å². The second-order valence-electron chi connectivity index (χ2n) is 2.93. The Morgan fingerprint density at radius 1 is 1.43 bits per heavy atom. The smallest absolute Gasteiger partial charge is 0.250 e. The van der Waals surface area contributed by atoms with E-state index in [1.807, 2.05) is 13.1 Å². The average Bonchev–Trinajstić information content (AvgIpc) is 2.42. The molecule has 2 heterocycles. The summed E-state index contributed by atoms with van der Waals surface area (Å²) in [5, 5.41) is 0. The summed E-state index contributed by atoms with van der Waals surface area (Å²) in [6.07, 6.45) is 3.53. The van der Waals surface area contributed by atoms with Crippen molar-refractivity contribution < 1.29 is 4.79 Å². The van der Waals surface area contributed by atoms with Crippen molar-refractivity contribution in [1.29, 1.82) is 0 Å². The molecule has 0 aliphatic heterocycles. The highest BCUT2D eigenvalue weighted by Crippen LogP contribution is 2.06. The van der Waals surface area contributed by atoms with E-state index in [0.717, 1.165) is 11.3 Å². The molecule has 1 amide bonds. The second-order valence-corrected chi connectivity index (χ2v) is 2.93. The van der Waals surface area contributed by atoms with E-state index >= 15 is 0 Å². The number of hydrogen-bond donors (Lipinski definition) is 1. The van der Waals surface area contributed by atoms with E-state index in [1.165, 1.54) is 0 Å². The number of rotatable bonds is 1. The van der Waals surface area contributed by atoms with Crippen molar-refractivity contribution in [2.75, 3.05) is 0 Å². The molecule has 0 saturated carbocycles. The number of hydrogen-bond acceptors (Lipinski definition) is 2. The minimum atomic E-state index is -0.423. The number of fused-ring (bicyclic) bond motifs is 1. The quantitative estimate of drug-likeness (QED) is 0.770. The molecule has 0 aliphatic carbocycles. The van der Waals surface area contributed by atoms with Gasteiger partial charge in [-0.3, -0.25) is 4.79 Å². The van der Waals surface area contributed by atoms with Gasteiger partial charge >= 0.3 is 0 Å². The monoisotopic (exact) mass is 211 g/mol. The largest absolute Gasteiger partial charge is 0.366 e. The van der Waals surface area contributed by atoms with Gasteiger partial charge in [-0.25, -0.2) is 4.98 Å². The molecule has 2 N–H and O–H groups in total.